The number of methoxy groups -OCH3 is 1. The molecule has 0 radical (unpaired) electrons. The quantitative estimate of drug-likeness (QED) is 0.350. The largest absolute Gasteiger partial charge is 0.497 e. The molecule has 0 saturated heterocycles. The molecule has 0 fully saturated rings. The standard InChI is InChI=1S/C24H20N4O3S2/c1-16-5-11-19(12-6-16)33(29,30)28-14-13-20-22(21-4-3-15-32-21)26-24(27-23(20)28)25-17-7-9-18(31-2)10-8-17/h3-15H,1-2H3,(H,25,26,27). The molecule has 2 aromatic carbocycles. The fraction of sp³-hybridized carbons (Fsp3) is 0.0833. The number of aromatic nitrogens is 3. The number of nitrogens with one attached hydrogen (secondary N) is 1. The van der Waals surface area contributed by atoms with E-state index in [1.807, 2.05) is 48.7 Å². The summed E-state index contributed by atoms with van der Waals surface area (Å²) in [5, 5.41) is 5.80. The van der Waals surface area contributed by atoms with Gasteiger partial charge in [0.1, 0.15) is 5.75 Å². The number of benzene rings is 2. The van der Waals surface area contributed by atoms with Crippen LogP contribution in [0.1, 0.15) is 5.56 Å². The molecule has 0 unspecified atom stereocenters. The Hall–Kier alpha value is -3.69. The van der Waals surface area contributed by atoms with Crippen LogP contribution < -0.4 is 10.1 Å². The summed E-state index contributed by atoms with van der Waals surface area (Å²) >= 11 is 1.53. The summed E-state index contributed by atoms with van der Waals surface area (Å²) in [6, 6.07) is 19.7. The van der Waals surface area contributed by atoms with Crippen molar-refractivity contribution in [2.45, 2.75) is 11.8 Å². The number of hydrogen-bond donors (Lipinski definition) is 1. The average Bonchev–Trinajstić information content (AvgIpc) is 3.50. The van der Waals surface area contributed by atoms with E-state index < -0.39 is 10.0 Å². The van der Waals surface area contributed by atoms with Crippen LogP contribution in [0.4, 0.5) is 11.6 Å². The van der Waals surface area contributed by atoms with Crippen molar-refractivity contribution >= 4 is 44.0 Å². The highest BCUT2D eigenvalue weighted by atomic mass is 32.2. The second-order valence-electron chi connectivity index (χ2n) is 7.39. The first kappa shape index (κ1) is 21.2. The van der Waals surface area contributed by atoms with Crippen LogP contribution in [-0.4, -0.2) is 29.5 Å². The van der Waals surface area contributed by atoms with Crippen molar-refractivity contribution in [3.63, 3.8) is 0 Å². The highest BCUT2D eigenvalue weighted by Crippen LogP contribution is 2.33. The highest BCUT2D eigenvalue weighted by Gasteiger charge is 2.23. The van der Waals surface area contributed by atoms with Crippen molar-refractivity contribution in [1.29, 1.82) is 0 Å². The maximum absolute atomic E-state index is 13.4. The molecule has 0 spiro atoms. The van der Waals surface area contributed by atoms with Gasteiger partial charge in [0.05, 0.1) is 22.6 Å². The van der Waals surface area contributed by atoms with Gasteiger partial charge in [-0.2, -0.15) is 4.98 Å². The van der Waals surface area contributed by atoms with Gasteiger partial charge in [-0.1, -0.05) is 23.8 Å². The zero-order chi connectivity index (χ0) is 23.0. The summed E-state index contributed by atoms with van der Waals surface area (Å²) in [6.45, 7) is 1.92. The summed E-state index contributed by atoms with van der Waals surface area (Å²) in [6.07, 6.45) is 1.53. The molecule has 0 amide bonds. The monoisotopic (exact) mass is 476 g/mol. The molecule has 5 aromatic rings. The summed E-state index contributed by atoms with van der Waals surface area (Å²) in [4.78, 5) is 10.4. The molecule has 0 aliphatic rings. The van der Waals surface area contributed by atoms with Gasteiger partial charge in [-0.3, -0.25) is 0 Å². The Morgan fingerprint density at radius 2 is 1.73 bits per heavy atom. The van der Waals surface area contributed by atoms with Crippen LogP contribution in [0.25, 0.3) is 21.6 Å². The van der Waals surface area contributed by atoms with Crippen molar-refractivity contribution < 1.29 is 13.2 Å². The van der Waals surface area contributed by atoms with Crippen molar-refractivity contribution in [2.24, 2.45) is 0 Å². The molecule has 0 bridgehead atoms. The molecule has 3 aromatic heterocycles. The second kappa shape index (κ2) is 8.34. The fourth-order valence-electron chi connectivity index (χ4n) is 3.47. The number of nitrogens with zero attached hydrogens (tertiary/aromatic N) is 3. The molecule has 166 valence electrons. The Kier molecular flexibility index (Phi) is 5.35. The highest BCUT2D eigenvalue weighted by molar-refractivity contribution is 7.90. The second-order valence-corrected chi connectivity index (χ2v) is 10.2. The fourth-order valence-corrected chi connectivity index (χ4v) is 5.49. The number of fused-ring (bicyclic) bond motifs is 1. The van der Waals surface area contributed by atoms with Gasteiger partial charge in [0, 0.05) is 17.3 Å². The van der Waals surface area contributed by atoms with E-state index in [9.17, 15) is 8.42 Å². The molecular weight excluding hydrogens is 456 g/mol. The van der Waals surface area contributed by atoms with E-state index in [0.717, 1.165) is 21.9 Å². The molecule has 5 rings (SSSR count). The maximum Gasteiger partial charge on any atom is 0.269 e. The van der Waals surface area contributed by atoms with Crippen LogP contribution in [0.2, 0.25) is 0 Å². The molecule has 0 aliphatic heterocycles. The Labute approximate surface area is 195 Å². The first-order valence-corrected chi connectivity index (χ1v) is 12.4. The molecule has 0 aliphatic carbocycles. The third-order valence-corrected chi connectivity index (χ3v) is 7.75. The van der Waals surface area contributed by atoms with Crippen LogP contribution >= 0.6 is 11.3 Å². The van der Waals surface area contributed by atoms with Gasteiger partial charge < -0.3 is 10.1 Å². The Morgan fingerprint density at radius 3 is 2.39 bits per heavy atom. The summed E-state index contributed by atoms with van der Waals surface area (Å²) < 4.78 is 33.3. The first-order valence-electron chi connectivity index (χ1n) is 10.1. The molecule has 7 nitrogen and oxygen atoms in total. The van der Waals surface area contributed by atoms with Crippen LogP contribution in [0, 0.1) is 6.92 Å². The molecule has 0 saturated carbocycles. The predicted octanol–water partition coefficient (Wildman–Crippen LogP) is 5.46. The Balaban J connectivity index is 1.67. The summed E-state index contributed by atoms with van der Waals surface area (Å²) in [5.41, 5.74) is 2.72. The zero-order valence-electron chi connectivity index (χ0n) is 17.9. The number of ether oxygens (including phenoxy) is 1. The Bertz CT molecular complexity index is 1520. The molecule has 0 atom stereocenters. The van der Waals surface area contributed by atoms with E-state index in [4.69, 9.17) is 9.72 Å². The van der Waals surface area contributed by atoms with Gasteiger partial charge in [0.25, 0.3) is 10.0 Å². The third-order valence-electron chi connectivity index (χ3n) is 5.19. The van der Waals surface area contributed by atoms with Gasteiger partial charge in [0.2, 0.25) is 5.95 Å². The SMILES string of the molecule is COc1ccc(Nc2nc(-c3cccs3)c3ccn(S(=O)(=O)c4ccc(C)cc4)c3n2)cc1. The van der Waals surface area contributed by atoms with Gasteiger partial charge in [-0.05, 0) is 60.8 Å². The molecule has 9 heteroatoms. The van der Waals surface area contributed by atoms with Crippen molar-refractivity contribution in [3.05, 3.63) is 83.9 Å². The van der Waals surface area contributed by atoms with Gasteiger partial charge >= 0.3 is 0 Å². The van der Waals surface area contributed by atoms with Gasteiger partial charge in [-0.25, -0.2) is 17.4 Å². The lowest BCUT2D eigenvalue weighted by atomic mass is 10.2. The van der Waals surface area contributed by atoms with E-state index in [1.54, 1.807) is 37.4 Å². The van der Waals surface area contributed by atoms with E-state index in [1.165, 1.54) is 21.5 Å². The lowest BCUT2D eigenvalue weighted by Gasteiger charge is -2.11. The zero-order valence-corrected chi connectivity index (χ0v) is 19.5. The van der Waals surface area contributed by atoms with Crippen molar-refractivity contribution in [3.8, 4) is 16.3 Å². The summed E-state index contributed by atoms with van der Waals surface area (Å²) in [5.74, 6) is 1.03. The number of aryl methyl sites for hydroxylation is 1. The minimum absolute atomic E-state index is 0.201. The topological polar surface area (TPSA) is 86.1 Å². The Morgan fingerprint density at radius 1 is 0.970 bits per heavy atom. The maximum atomic E-state index is 13.4. The minimum Gasteiger partial charge on any atom is -0.497 e. The van der Waals surface area contributed by atoms with E-state index in [2.05, 4.69) is 10.3 Å². The minimum atomic E-state index is -3.84. The van der Waals surface area contributed by atoms with E-state index in [0.29, 0.717) is 22.7 Å². The van der Waals surface area contributed by atoms with E-state index >= 15 is 0 Å². The smallest absolute Gasteiger partial charge is 0.269 e. The normalized spacial score (nSPS) is 11.6. The average molecular weight is 477 g/mol. The van der Waals surface area contributed by atoms with Crippen LogP contribution in [-0.2, 0) is 10.0 Å². The van der Waals surface area contributed by atoms with Crippen molar-refractivity contribution in [1.82, 2.24) is 13.9 Å². The lowest BCUT2D eigenvalue weighted by Crippen LogP contribution is -2.13. The number of anilines is 2. The number of rotatable bonds is 6. The predicted molar refractivity (Wildman–Crippen MR) is 131 cm³/mol. The number of hydrogen-bond acceptors (Lipinski definition) is 7. The van der Waals surface area contributed by atoms with E-state index in [-0.39, 0.29) is 4.90 Å². The lowest BCUT2D eigenvalue weighted by molar-refractivity contribution is 0.415. The van der Waals surface area contributed by atoms with Crippen molar-refractivity contribution in [2.75, 3.05) is 12.4 Å². The molecule has 33 heavy (non-hydrogen) atoms. The molecule has 1 N–H and O–H groups in total. The van der Waals surface area contributed by atoms with Gasteiger partial charge in [0.15, 0.2) is 5.65 Å². The summed E-state index contributed by atoms with van der Waals surface area (Å²) in [7, 11) is -2.23. The van der Waals surface area contributed by atoms with Crippen LogP contribution in [0.15, 0.2) is 83.2 Å². The number of thiophene rings is 1. The molecular formula is C24H20N4O3S2. The third kappa shape index (κ3) is 3.96. The van der Waals surface area contributed by atoms with Gasteiger partial charge in [-0.15, -0.1) is 11.3 Å². The van der Waals surface area contributed by atoms with Crippen LogP contribution in [0.5, 0.6) is 5.75 Å². The van der Waals surface area contributed by atoms with Crippen LogP contribution in [0.3, 0.4) is 0 Å². The first-order chi connectivity index (χ1) is 16.0. The molecule has 3 heterocycles.